The van der Waals surface area contributed by atoms with Crippen molar-refractivity contribution in [1.82, 2.24) is 24.6 Å². The Labute approximate surface area is 209 Å². The second-order valence-electron chi connectivity index (χ2n) is 9.64. The minimum atomic E-state index is -3.47. The van der Waals surface area contributed by atoms with Gasteiger partial charge in [-0.3, -0.25) is 9.48 Å². The predicted molar refractivity (Wildman–Crippen MR) is 133 cm³/mol. The molecule has 0 saturated carbocycles. The molecule has 9 nitrogen and oxygen atoms in total. The Balaban J connectivity index is 1.17. The van der Waals surface area contributed by atoms with Crippen LogP contribution < -0.4 is 4.90 Å². The number of anilines is 1. The van der Waals surface area contributed by atoms with Crippen LogP contribution in [0.3, 0.4) is 0 Å². The van der Waals surface area contributed by atoms with E-state index < -0.39 is 15.7 Å². The summed E-state index contributed by atoms with van der Waals surface area (Å²) in [4.78, 5) is 26.2. The average molecular weight is 513 g/mol. The number of carbonyl (C=O) groups excluding carboxylic acids is 1. The van der Waals surface area contributed by atoms with E-state index in [1.807, 2.05) is 30.5 Å². The van der Waals surface area contributed by atoms with Gasteiger partial charge in [0.1, 0.15) is 5.82 Å². The molecular weight excluding hydrogens is 483 g/mol. The van der Waals surface area contributed by atoms with Crippen molar-refractivity contribution in [2.75, 3.05) is 30.8 Å². The van der Waals surface area contributed by atoms with Crippen molar-refractivity contribution in [3.63, 3.8) is 0 Å². The van der Waals surface area contributed by atoms with Gasteiger partial charge in [-0.25, -0.2) is 22.8 Å². The molecular formula is C25H29FN6O3S. The number of nitrogens with zero attached hydrogens (tertiary/aromatic N) is 6. The Morgan fingerprint density at radius 1 is 1.03 bits per heavy atom. The Kier molecular flexibility index (Phi) is 6.50. The van der Waals surface area contributed by atoms with Crippen molar-refractivity contribution in [3.8, 4) is 11.1 Å². The van der Waals surface area contributed by atoms with Gasteiger partial charge in [0.2, 0.25) is 11.9 Å². The molecule has 2 fully saturated rings. The molecule has 36 heavy (non-hydrogen) atoms. The molecule has 2 aromatic heterocycles. The highest BCUT2D eigenvalue weighted by Crippen LogP contribution is 2.30. The second kappa shape index (κ2) is 9.61. The molecule has 5 rings (SSSR count). The van der Waals surface area contributed by atoms with Crippen LogP contribution in [-0.2, 0) is 28.1 Å². The van der Waals surface area contributed by atoms with E-state index >= 15 is 0 Å². The molecule has 0 spiro atoms. The molecule has 3 aromatic rings. The zero-order valence-electron chi connectivity index (χ0n) is 20.3. The van der Waals surface area contributed by atoms with Gasteiger partial charge >= 0.3 is 0 Å². The third-order valence-electron chi connectivity index (χ3n) is 7.13. The maximum absolute atomic E-state index is 14.5. The molecule has 11 heteroatoms. The number of carbonyl (C=O) groups is 1. The van der Waals surface area contributed by atoms with Crippen LogP contribution in [0.15, 0.2) is 47.9 Å². The highest BCUT2D eigenvalue weighted by Gasteiger charge is 2.37. The number of likely N-dealkylation sites (tertiary alicyclic amines) is 1. The van der Waals surface area contributed by atoms with Gasteiger partial charge in [-0.15, -0.1) is 0 Å². The molecule has 2 aliphatic rings. The molecule has 190 valence electrons. The van der Waals surface area contributed by atoms with E-state index in [0.29, 0.717) is 24.5 Å². The van der Waals surface area contributed by atoms with Crippen LogP contribution in [0.1, 0.15) is 24.8 Å². The zero-order valence-corrected chi connectivity index (χ0v) is 21.2. The zero-order chi connectivity index (χ0) is 25.4. The summed E-state index contributed by atoms with van der Waals surface area (Å²) in [6.45, 7) is 2.17. The lowest BCUT2D eigenvalue weighted by Crippen LogP contribution is -2.46. The number of sulfone groups is 1. The van der Waals surface area contributed by atoms with Gasteiger partial charge in [0, 0.05) is 74.6 Å². The van der Waals surface area contributed by atoms with E-state index in [2.05, 4.69) is 20.0 Å². The van der Waals surface area contributed by atoms with E-state index in [9.17, 15) is 17.6 Å². The minimum absolute atomic E-state index is 0.0504. The van der Waals surface area contributed by atoms with Crippen LogP contribution in [0, 0.1) is 11.7 Å². The molecule has 0 aliphatic carbocycles. The van der Waals surface area contributed by atoms with Crippen LogP contribution in [0.5, 0.6) is 0 Å². The quantitative estimate of drug-likeness (QED) is 0.500. The summed E-state index contributed by atoms with van der Waals surface area (Å²) in [7, 11) is -1.61. The topological polar surface area (TPSA) is 101 Å². The number of aromatic nitrogens is 4. The van der Waals surface area contributed by atoms with Crippen molar-refractivity contribution in [1.29, 1.82) is 0 Å². The van der Waals surface area contributed by atoms with Crippen molar-refractivity contribution in [2.45, 2.75) is 36.6 Å². The number of hydrogen-bond acceptors (Lipinski definition) is 7. The molecule has 2 saturated heterocycles. The van der Waals surface area contributed by atoms with Crippen LogP contribution >= 0.6 is 0 Å². The average Bonchev–Trinajstić information content (AvgIpc) is 3.45. The Bertz CT molecular complexity index is 1370. The van der Waals surface area contributed by atoms with Crippen LogP contribution in [0.4, 0.5) is 10.3 Å². The maximum Gasteiger partial charge on any atom is 0.226 e. The van der Waals surface area contributed by atoms with E-state index in [4.69, 9.17) is 0 Å². The van der Waals surface area contributed by atoms with E-state index in [1.165, 1.54) is 12.1 Å². The molecule has 0 unspecified atom stereocenters. The van der Waals surface area contributed by atoms with Crippen LogP contribution in [0.25, 0.3) is 11.1 Å². The number of piperidine rings is 1. The van der Waals surface area contributed by atoms with Gasteiger partial charge < -0.3 is 9.80 Å². The summed E-state index contributed by atoms with van der Waals surface area (Å²) in [6, 6.07) is 4.08. The van der Waals surface area contributed by atoms with Crippen molar-refractivity contribution >= 4 is 21.7 Å². The van der Waals surface area contributed by atoms with E-state index in [1.54, 1.807) is 10.9 Å². The molecule has 1 amide bonds. The third kappa shape index (κ3) is 4.97. The highest BCUT2D eigenvalue weighted by atomic mass is 32.2. The summed E-state index contributed by atoms with van der Waals surface area (Å²) < 4.78 is 39.6. The predicted octanol–water partition coefficient (Wildman–Crippen LogP) is 2.48. The first-order valence-corrected chi connectivity index (χ1v) is 13.9. The fraction of sp³-hybridized carbons (Fsp3) is 0.440. The summed E-state index contributed by atoms with van der Waals surface area (Å²) in [5.41, 5.74) is 2.26. The lowest BCUT2D eigenvalue weighted by molar-refractivity contribution is -0.133. The monoisotopic (exact) mass is 512 g/mol. The lowest BCUT2D eigenvalue weighted by Gasteiger charge is -2.36. The number of aryl methyl sites for hydroxylation is 1. The second-order valence-corrected chi connectivity index (χ2v) is 11.7. The number of hydrogen-bond donors (Lipinski definition) is 0. The number of benzene rings is 1. The van der Waals surface area contributed by atoms with E-state index in [0.717, 1.165) is 49.4 Å². The number of amides is 1. The molecule has 1 aromatic carbocycles. The van der Waals surface area contributed by atoms with Gasteiger partial charge in [-0.2, -0.15) is 5.10 Å². The van der Waals surface area contributed by atoms with Gasteiger partial charge in [-0.05, 0) is 43.4 Å². The molecule has 4 heterocycles. The Morgan fingerprint density at radius 3 is 2.36 bits per heavy atom. The minimum Gasteiger partial charge on any atom is -0.341 e. The SMILES string of the molecule is Cn1cc(-c2cnc(N3CCC(N4CC[C@H](Cc5ccc(S(C)(=O)=O)cc5F)C4=O)CC3)nc2)cn1. The first-order chi connectivity index (χ1) is 17.2. The highest BCUT2D eigenvalue weighted by molar-refractivity contribution is 7.90. The number of halogens is 1. The normalized spacial score (nSPS) is 19.3. The smallest absolute Gasteiger partial charge is 0.226 e. The Morgan fingerprint density at radius 2 is 1.75 bits per heavy atom. The van der Waals surface area contributed by atoms with Crippen LogP contribution in [-0.4, -0.2) is 70.9 Å². The molecule has 0 radical (unpaired) electrons. The van der Waals surface area contributed by atoms with Crippen LogP contribution in [0.2, 0.25) is 0 Å². The number of rotatable bonds is 6. The van der Waals surface area contributed by atoms with E-state index in [-0.39, 0.29) is 29.2 Å². The largest absolute Gasteiger partial charge is 0.341 e. The Hall–Kier alpha value is -3.34. The summed E-state index contributed by atoms with van der Waals surface area (Å²) >= 11 is 0. The first-order valence-electron chi connectivity index (χ1n) is 12.0. The fourth-order valence-electron chi connectivity index (χ4n) is 5.09. The van der Waals surface area contributed by atoms with Crippen molar-refractivity contribution in [2.24, 2.45) is 13.0 Å². The van der Waals surface area contributed by atoms with Gasteiger partial charge in [0.05, 0.1) is 11.1 Å². The lowest BCUT2D eigenvalue weighted by atomic mass is 9.97. The summed E-state index contributed by atoms with van der Waals surface area (Å²) in [5.74, 6) is -0.131. The molecule has 2 aliphatic heterocycles. The fourth-order valence-corrected chi connectivity index (χ4v) is 5.72. The van der Waals surface area contributed by atoms with Gasteiger partial charge in [0.25, 0.3) is 0 Å². The summed E-state index contributed by atoms with van der Waals surface area (Å²) in [6.07, 6.45) is 11.0. The van der Waals surface area contributed by atoms with Gasteiger partial charge in [-0.1, -0.05) is 6.07 Å². The third-order valence-corrected chi connectivity index (χ3v) is 8.24. The maximum atomic E-state index is 14.5. The molecule has 0 bridgehead atoms. The standard InChI is InChI=1S/C25H29FN6O3S/c1-30-16-20(15-29-30)19-13-27-25(28-14-19)31-8-6-21(7-9-31)32-10-5-18(24(32)33)11-17-3-4-22(12-23(17)26)36(2,34)35/h3-4,12-16,18,21H,5-11H2,1-2H3/t18-/m1/s1. The molecule has 1 atom stereocenters. The molecule has 0 N–H and O–H groups in total. The van der Waals surface area contributed by atoms with Crippen molar-refractivity contribution < 1.29 is 17.6 Å². The van der Waals surface area contributed by atoms with Crippen molar-refractivity contribution in [3.05, 3.63) is 54.4 Å². The van der Waals surface area contributed by atoms with Gasteiger partial charge in [0.15, 0.2) is 9.84 Å². The summed E-state index contributed by atoms with van der Waals surface area (Å²) in [5, 5.41) is 4.18. The first kappa shape index (κ1) is 24.4.